The summed E-state index contributed by atoms with van der Waals surface area (Å²) in [6.07, 6.45) is 7.30. The number of pyridine rings is 1. The van der Waals surface area contributed by atoms with Gasteiger partial charge >= 0.3 is 0 Å². The highest BCUT2D eigenvalue weighted by atomic mass is 35.5. The molecule has 0 atom stereocenters. The first-order chi connectivity index (χ1) is 13.5. The summed E-state index contributed by atoms with van der Waals surface area (Å²) >= 11 is 6.36. The van der Waals surface area contributed by atoms with E-state index in [0.29, 0.717) is 41.2 Å². The predicted molar refractivity (Wildman–Crippen MR) is 111 cm³/mol. The SMILES string of the molecule is COc1ccc(/C(=C\C2CCC(=O)CC2)c2ccc(C3CC3)c(=O)[nH]2)cc1Cl. The van der Waals surface area contributed by atoms with Crippen molar-refractivity contribution in [2.24, 2.45) is 5.92 Å². The summed E-state index contributed by atoms with van der Waals surface area (Å²) < 4.78 is 5.27. The Morgan fingerprint density at radius 3 is 2.46 bits per heavy atom. The van der Waals surface area contributed by atoms with Gasteiger partial charge in [-0.1, -0.05) is 29.8 Å². The number of Topliss-reactive ketones (excluding diaryl/α,β-unsaturated/α-hetero) is 1. The van der Waals surface area contributed by atoms with E-state index in [-0.39, 0.29) is 5.56 Å². The number of methoxy groups -OCH3 is 1. The van der Waals surface area contributed by atoms with E-state index in [1.807, 2.05) is 30.3 Å². The molecule has 2 aromatic rings. The van der Waals surface area contributed by atoms with Crippen LogP contribution in [0.3, 0.4) is 0 Å². The molecular formula is C23H24ClNO3. The van der Waals surface area contributed by atoms with E-state index < -0.39 is 0 Å². The molecule has 146 valence electrons. The number of hydrogen-bond acceptors (Lipinski definition) is 3. The summed E-state index contributed by atoms with van der Waals surface area (Å²) in [4.78, 5) is 27.3. The van der Waals surface area contributed by atoms with Crippen molar-refractivity contribution >= 4 is 23.0 Å². The van der Waals surface area contributed by atoms with E-state index in [1.54, 1.807) is 7.11 Å². The van der Waals surface area contributed by atoms with Gasteiger partial charge in [-0.05, 0) is 61.3 Å². The Balaban J connectivity index is 1.75. The smallest absolute Gasteiger partial charge is 0.251 e. The quantitative estimate of drug-likeness (QED) is 0.763. The van der Waals surface area contributed by atoms with Gasteiger partial charge in [0.05, 0.1) is 12.1 Å². The zero-order valence-electron chi connectivity index (χ0n) is 16.0. The van der Waals surface area contributed by atoms with Crippen LogP contribution in [0.4, 0.5) is 0 Å². The minimum Gasteiger partial charge on any atom is -0.495 e. The van der Waals surface area contributed by atoms with Gasteiger partial charge in [0.15, 0.2) is 0 Å². The second-order valence-corrected chi connectivity index (χ2v) is 8.14. The van der Waals surface area contributed by atoms with Gasteiger partial charge in [-0.25, -0.2) is 0 Å². The summed E-state index contributed by atoms with van der Waals surface area (Å²) in [7, 11) is 1.59. The maximum absolute atomic E-state index is 12.6. The van der Waals surface area contributed by atoms with Crippen LogP contribution in [-0.2, 0) is 4.79 Å². The topological polar surface area (TPSA) is 59.2 Å². The first-order valence-corrected chi connectivity index (χ1v) is 10.2. The lowest BCUT2D eigenvalue weighted by Crippen LogP contribution is -2.15. The molecule has 1 N–H and O–H groups in total. The molecule has 28 heavy (non-hydrogen) atoms. The molecule has 4 nitrogen and oxygen atoms in total. The highest BCUT2D eigenvalue weighted by Crippen LogP contribution is 2.39. The van der Waals surface area contributed by atoms with Gasteiger partial charge in [0.25, 0.3) is 5.56 Å². The number of H-pyrrole nitrogens is 1. The third-order valence-corrected chi connectivity index (χ3v) is 6.00. The molecule has 2 aliphatic carbocycles. The largest absolute Gasteiger partial charge is 0.495 e. The zero-order valence-corrected chi connectivity index (χ0v) is 16.7. The Labute approximate surface area is 169 Å². The molecule has 0 aliphatic heterocycles. The van der Waals surface area contributed by atoms with Gasteiger partial charge in [0.1, 0.15) is 11.5 Å². The van der Waals surface area contributed by atoms with E-state index in [2.05, 4.69) is 11.1 Å². The van der Waals surface area contributed by atoms with Crippen LogP contribution in [0.1, 0.15) is 61.3 Å². The Bertz CT molecular complexity index is 978. The van der Waals surface area contributed by atoms with Crippen molar-refractivity contribution in [3.8, 4) is 5.75 Å². The van der Waals surface area contributed by atoms with Crippen LogP contribution < -0.4 is 10.3 Å². The number of halogens is 1. The number of carbonyl (C=O) groups is 1. The summed E-state index contributed by atoms with van der Waals surface area (Å²) in [6, 6.07) is 9.61. The molecule has 0 amide bonds. The summed E-state index contributed by atoms with van der Waals surface area (Å²) in [5, 5.41) is 0.529. The number of ketones is 1. The maximum Gasteiger partial charge on any atom is 0.251 e. The van der Waals surface area contributed by atoms with E-state index in [0.717, 1.165) is 48.1 Å². The molecule has 0 spiro atoms. The third-order valence-electron chi connectivity index (χ3n) is 5.70. The second kappa shape index (κ2) is 7.96. The number of hydrogen-bond donors (Lipinski definition) is 1. The van der Waals surface area contributed by atoms with Gasteiger partial charge in [0.2, 0.25) is 0 Å². The Hall–Kier alpha value is -2.33. The maximum atomic E-state index is 12.6. The molecule has 4 rings (SSSR count). The lowest BCUT2D eigenvalue weighted by Gasteiger charge is -2.20. The molecule has 0 radical (unpaired) electrons. The molecule has 0 unspecified atom stereocenters. The van der Waals surface area contributed by atoms with Crippen molar-refractivity contribution in [2.75, 3.05) is 7.11 Å². The summed E-state index contributed by atoms with van der Waals surface area (Å²) in [5.41, 5.74) is 3.52. The average Bonchev–Trinajstić information content (AvgIpc) is 3.52. The molecule has 0 bridgehead atoms. The average molecular weight is 398 g/mol. The Morgan fingerprint density at radius 2 is 1.86 bits per heavy atom. The van der Waals surface area contributed by atoms with Gasteiger partial charge in [-0.3, -0.25) is 9.59 Å². The highest BCUT2D eigenvalue weighted by molar-refractivity contribution is 6.32. The molecule has 2 saturated carbocycles. The first-order valence-electron chi connectivity index (χ1n) is 9.86. The monoisotopic (exact) mass is 397 g/mol. The number of benzene rings is 1. The second-order valence-electron chi connectivity index (χ2n) is 7.74. The molecular weight excluding hydrogens is 374 g/mol. The zero-order chi connectivity index (χ0) is 19.7. The standard InChI is InChI=1S/C23H24ClNO3/c1-28-22-11-6-16(13-20(22)24)19(12-14-2-7-17(26)8-3-14)21-10-9-18(15-4-5-15)23(27)25-21/h6,9-15H,2-5,7-8H2,1H3,(H,25,27)/b19-12+. The van der Waals surface area contributed by atoms with Crippen molar-refractivity contribution < 1.29 is 9.53 Å². The third kappa shape index (κ3) is 4.07. The number of aromatic nitrogens is 1. The number of aromatic amines is 1. The summed E-state index contributed by atoms with van der Waals surface area (Å²) in [6.45, 7) is 0. The fourth-order valence-corrected chi connectivity index (χ4v) is 4.16. The lowest BCUT2D eigenvalue weighted by atomic mass is 9.85. The van der Waals surface area contributed by atoms with E-state index in [4.69, 9.17) is 16.3 Å². The van der Waals surface area contributed by atoms with Gasteiger partial charge < -0.3 is 9.72 Å². The summed E-state index contributed by atoms with van der Waals surface area (Å²) in [5.74, 6) is 1.66. The molecule has 1 heterocycles. The number of allylic oxidation sites excluding steroid dienone is 1. The number of ether oxygens (including phenoxy) is 1. The fourth-order valence-electron chi connectivity index (χ4n) is 3.90. The highest BCUT2D eigenvalue weighted by Gasteiger charge is 2.26. The first kappa shape index (κ1) is 19.0. The number of rotatable bonds is 5. The molecule has 1 aromatic carbocycles. The molecule has 2 fully saturated rings. The van der Waals surface area contributed by atoms with Crippen molar-refractivity contribution in [1.29, 1.82) is 0 Å². The van der Waals surface area contributed by atoms with Gasteiger partial charge in [-0.2, -0.15) is 0 Å². The van der Waals surface area contributed by atoms with Crippen LogP contribution in [0.15, 0.2) is 41.2 Å². The minimum atomic E-state index is -0.00988. The molecule has 0 saturated heterocycles. The predicted octanol–water partition coefficient (Wildman–Crippen LogP) is 5.11. The lowest BCUT2D eigenvalue weighted by molar-refractivity contribution is -0.120. The van der Waals surface area contributed by atoms with Crippen molar-refractivity contribution in [3.05, 3.63) is 68.6 Å². The van der Waals surface area contributed by atoms with Crippen LogP contribution in [-0.4, -0.2) is 17.9 Å². The van der Waals surface area contributed by atoms with Crippen molar-refractivity contribution in [3.63, 3.8) is 0 Å². The fraction of sp³-hybridized carbons (Fsp3) is 0.391. The van der Waals surface area contributed by atoms with E-state index >= 15 is 0 Å². The van der Waals surface area contributed by atoms with E-state index in [1.165, 1.54) is 0 Å². The number of carbonyl (C=O) groups excluding carboxylic acids is 1. The Morgan fingerprint density at radius 1 is 1.11 bits per heavy atom. The van der Waals surface area contributed by atoms with Gasteiger partial charge in [0, 0.05) is 29.7 Å². The van der Waals surface area contributed by atoms with Crippen molar-refractivity contribution in [1.82, 2.24) is 4.98 Å². The van der Waals surface area contributed by atoms with Crippen LogP contribution >= 0.6 is 11.6 Å². The van der Waals surface area contributed by atoms with Gasteiger partial charge in [-0.15, -0.1) is 0 Å². The van der Waals surface area contributed by atoms with Crippen molar-refractivity contribution in [2.45, 2.75) is 44.4 Å². The van der Waals surface area contributed by atoms with E-state index in [9.17, 15) is 9.59 Å². The van der Waals surface area contributed by atoms with Crippen LogP contribution in [0.25, 0.3) is 5.57 Å². The minimum absolute atomic E-state index is 0.00988. The van der Waals surface area contributed by atoms with Crippen LogP contribution in [0.5, 0.6) is 5.75 Å². The normalized spacial score (nSPS) is 18.4. The van der Waals surface area contributed by atoms with Crippen LogP contribution in [0.2, 0.25) is 5.02 Å². The molecule has 2 aliphatic rings. The molecule has 1 aromatic heterocycles. The Kier molecular flexibility index (Phi) is 5.40. The number of nitrogens with one attached hydrogen (secondary N) is 1. The van der Waals surface area contributed by atoms with Crippen LogP contribution in [0, 0.1) is 5.92 Å². The molecule has 5 heteroatoms.